The zero-order chi connectivity index (χ0) is 29.6. The molecule has 1 aliphatic rings. The topological polar surface area (TPSA) is 51.0 Å². The van der Waals surface area contributed by atoms with Gasteiger partial charge in [-0.2, -0.15) is 15.0 Å². The molecule has 0 radical (unpaired) electrons. The van der Waals surface area contributed by atoms with Crippen LogP contribution in [0.1, 0.15) is 51.5 Å². The first-order valence-electron chi connectivity index (χ1n) is 15.4. The molecule has 1 aliphatic carbocycles. The summed E-state index contributed by atoms with van der Waals surface area (Å²) in [7, 11) is 0. The van der Waals surface area contributed by atoms with Crippen molar-refractivity contribution in [2.45, 2.75) is 52.5 Å². The van der Waals surface area contributed by atoms with Gasteiger partial charge in [-0.3, -0.25) is 4.79 Å². The summed E-state index contributed by atoms with van der Waals surface area (Å²) < 4.78 is 0. The van der Waals surface area contributed by atoms with Gasteiger partial charge in [-0.05, 0) is 65.4 Å². The zero-order valence-electron chi connectivity index (χ0n) is 25.0. The Morgan fingerprint density at radius 3 is 1.95 bits per heavy atom. The number of carbonyl (C=O) groups excluding carboxylic acids is 1. The van der Waals surface area contributed by atoms with E-state index in [2.05, 4.69) is 104 Å². The molecule has 0 fully saturated rings. The molecule has 1 atom stereocenters. The molecule has 0 saturated carbocycles. The third kappa shape index (κ3) is 6.07. The highest BCUT2D eigenvalue weighted by Crippen LogP contribution is 2.38. The minimum atomic E-state index is 0.545. The summed E-state index contributed by atoms with van der Waals surface area (Å²) in [5, 5.41) is 10.2. The van der Waals surface area contributed by atoms with Crippen molar-refractivity contribution < 1.29 is 4.79 Å². The minimum absolute atomic E-state index is 0.545. The maximum atomic E-state index is 11.5. The Bertz CT molecular complexity index is 1710. The second kappa shape index (κ2) is 13.0. The molecule has 0 bridgehead atoms. The number of hydrogen-bond acceptors (Lipinski definition) is 4. The number of unbranched alkanes of at least 4 members (excludes halogenated alkanes) is 1. The normalized spacial score (nSPS) is 13.5. The van der Waals surface area contributed by atoms with Gasteiger partial charge < -0.3 is 4.90 Å². The Balaban J connectivity index is 1.39. The monoisotopic (exact) mass is 566 g/mol. The first kappa shape index (κ1) is 28.4. The molecule has 1 heterocycles. The fourth-order valence-corrected chi connectivity index (χ4v) is 5.96. The number of allylic oxidation sites excluding steroid dienone is 4. The third-order valence-corrected chi connectivity index (χ3v) is 8.40. The first-order valence-corrected chi connectivity index (χ1v) is 15.4. The molecule has 5 heteroatoms. The molecule has 1 unspecified atom stereocenters. The summed E-state index contributed by atoms with van der Waals surface area (Å²) in [6, 6.07) is 33.9. The highest BCUT2D eigenvalue weighted by Gasteiger charge is 2.20. The van der Waals surface area contributed by atoms with Crippen LogP contribution in [-0.4, -0.2) is 21.3 Å². The minimum Gasteiger partial charge on any atom is -0.311 e. The van der Waals surface area contributed by atoms with Gasteiger partial charge in [-0.15, -0.1) is 0 Å². The molecule has 0 spiro atoms. The molecule has 0 saturated heterocycles. The van der Waals surface area contributed by atoms with Crippen LogP contribution in [0.3, 0.4) is 0 Å². The lowest BCUT2D eigenvalue weighted by molar-refractivity contribution is -0.104. The summed E-state index contributed by atoms with van der Waals surface area (Å²) in [5.74, 6) is 0.545. The number of aldehydes is 1. The van der Waals surface area contributed by atoms with Crippen LogP contribution in [0.5, 0.6) is 0 Å². The zero-order valence-corrected chi connectivity index (χ0v) is 25.0. The molecule has 43 heavy (non-hydrogen) atoms. The van der Waals surface area contributed by atoms with Gasteiger partial charge in [0.25, 0.3) is 0 Å². The first-order chi connectivity index (χ1) is 21.2. The summed E-state index contributed by atoms with van der Waals surface area (Å²) in [4.78, 5) is 15.6. The van der Waals surface area contributed by atoms with Crippen molar-refractivity contribution in [3.8, 4) is 11.1 Å². The lowest BCUT2D eigenvalue weighted by Crippen LogP contribution is -2.12. The molecule has 0 N–H and O–H groups in total. The average Bonchev–Trinajstić information content (AvgIpc) is 3.72. The summed E-state index contributed by atoms with van der Waals surface area (Å²) in [5.41, 5.74) is 10.2. The number of fused-ring (bicyclic) bond motifs is 1. The second-order valence-corrected chi connectivity index (χ2v) is 11.3. The van der Waals surface area contributed by atoms with Gasteiger partial charge in [-0.25, -0.2) is 0 Å². The quantitative estimate of drug-likeness (QED) is 0.141. The molecule has 0 amide bonds. The molecule has 1 aromatic heterocycles. The van der Waals surface area contributed by atoms with Crippen molar-refractivity contribution in [2.75, 3.05) is 4.90 Å². The van der Waals surface area contributed by atoms with E-state index in [0.717, 1.165) is 75.2 Å². The number of carbonyl (C=O) groups is 1. The van der Waals surface area contributed by atoms with Crippen LogP contribution in [0.2, 0.25) is 0 Å². The van der Waals surface area contributed by atoms with Crippen LogP contribution in [0.15, 0.2) is 115 Å². The maximum Gasteiger partial charge on any atom is 0.146 e. The van der Waals surface area contributed by atoms with E-state index in [4.69, 9.17) is 10.2 Å². The highest BCUT2D eigenvalue weighted by molar-refractivity contribution is 6.00. The van der Waals surface area contributed by atoms with E-state index >= 15 is 0 Å². The molecule has 216 valence electrons. The van der Waals surface area contributed by atoms with Crippen molar-refractivity contribution in [1.82, 2.24) is 15.0 Å². The predicted octanol–water partition coefficient (Wildman–Crippen LogP) is 9.70. The van der Waals surface area contributed by atoms with Gasteiger partial charge in [0.05, 0.1) is 6.54 Å². The SMILES string of the molecule is CCCCC(CC)Cn1nc2c(C3=CC=C(C=O)C3)ccc(-c3ccc(N(c4ccccc4)c4ccccc4)cc3)c2n1. The van der Waals surface area contributed by atoms with E-state index in [-0.39, 0.29) is 0 Å². The van der Waals surface area contributed by atoms with Crippen molar-refractivity contribution in [3.05, 3.63) is 120 Å². The van der Waals surface area contributed by atoms with E-state index in [0.29, 0.717) is 12.3 Å². The van der Waals surface area contributed by atoms with Gasteiger partial charge in [0.1, 0.15) is 17.3 Å². The molecule has 6 rings (SSSR count). The Kier molecular flexibility index (Phi) is 8.60. The van der Waals surface area contributed by atoms with E-state index < -0.39 is 0 Å². The smallest absolute Gasteiger partial charge is 0.146 e. The van der Waals surface area contributed by atoms with Crippen LogP contribution in [0.4, 0.5) is 17.1 Å². The van der Waals surface area contributed by atoms with Crippen LogP contribution < -0.4 is 4.90 Å². The van der Waals surface area contributed by atoms with E-state index in [9.17, 15) is 4.79 Å². The van der Waals surface area contributed by atoms with Crippen molar-refractivity contribution in [2.24, 2.45) is 5.92 Å². The van der Waals surface area contributed by atoms with Gasteiger partial charge >= 0.3 is 0 Å². The fraction of sp³-hybridized carbons (Fsp3) is 0.237. The maximum absolute atomic E-state index is 11.5. The Morgan fingerprint density at radius 2 is 1.37 bits per heavy atom. The van der Waals surface area contributed by atoms with Crippen LogP contribution in [0, 0.1) is 5.92 Å². The van der Waals surface area contributed by atoms with E-state index in [1.54, 1.807) is 0 Å². The van der Waals surface area contributed by atoms with Crippen molar-refractivity contribution in [3.63, 3.8) is 0 Å². The molecule has 0 aliphatic heterocycles. The van der Waals surface area contributed by atoms with Crippen molar-refractivity contribution >= 4 is 40.0 Å². The average molecular weight is 567 g/mol. The van der Waals surface area contributed by atoms with Gasteiger partial charge in [0.2, 0.25) is 0 Å². The molecule has 5 nitrogen and oxygen atoms in total. The molecule has 5 aromatic rings. The molecular weight excluding hydrogens is 528 g/mol. The molecular formula is C38H38N4O. The number of hydrogen-bond donors (Lipinski definition) is 0. The van der Waals surface area contributed by atoms with Crippen LogP contribution >= 0.6 is 0 Å². The highest BCUT2D eigenvalue weighted by atomic mass is 16.1. The number of nitrogens with zero attached hydrogens (tertiary/aromatic N) is 4. The third-order valence-electron chi connectivity index (χ3n) is 8.40. The largest absolute Gasteiger partial charge is 0.311 e. The van der Waals surface area contributed by atoms with Crippen LogP contribution in [0.25, 0.3) is 27.7 Å². The fourth-order valence-electron chi connectivity index (χ4n) is 5.96. The number of aromatic nitrogens is 3. The van der Waals surface area contributed by atoms with E-state index in [1.165, 1.54) is 19.3 Å². The van der Waals surface area contributed by atoms with Gasteiger partial charge in [-0.1, -0.05) is 106 Å². The number of anilines is 3. The Labute approximate surface area is 254 Å². The van der Waals surface area contributed by atoms with Gasteiger partial charge in [0, 0.05) is 34.6 Å². The standard InChI is InChI=1S/C38H38N4O/c1-3-5-12-28(4-2)26-41-39-37-35(23-24-36(38(37)40-41)31-18-17-29(25-31)27-43)30-19-21-34(22-20-30)42(32-13-8-6-9-14-32)33-15-10-7-11-16-33/h6-11,13-24,27-28H,3-5,12,25-26H2,1-2H3. The van der Waals surface area contributed by atoms with E-state index in [1.807, 2.05) is 29.1 Å². The molecule has 4 aromatic carbocycles. The predicted molar refractivity (Wildman–Crippen MR) is 178 cm³/mol. The van der Waals surface area contributed by atoms with Gasteiger partial charge in [0.15, 0.2) is 0 Å². The number of para-hydroxylation sites is 2. The lowest BCUT2D eigenvalue weighted by atomic mass is 9.96. The number of benzene rings is 4. The lowest BCUT2D eigenvalue weighted by Gasteiger charge is -2.25. The second-order valence-electron chi connectivity index (χ2n) is 11.3. The van der Waals surface area contributed by atoms with Crippen molar-refractivity contribution in [1.29, 1.82) is 0 Å². The summed E-state index contributed by atoms with van der Waals surface area (Å²) in [6.07, 6.45) is 10.2. The Hall–Kier alpha value is -4.77. The summed E-state index contributed by atoms with van der Waals surface area (Å²) >= 11 is 0. The Morgan fingerprint density at radius 1 is 0.767 bits per heavy atom. The van der Waals surface area contributed by atoms with Crippen LogP contribution in [-0.2, 0) is 11.3 Å². The summed E-state index contributed by atoms with van der Waals surface area (Å²) in [6.45, 7) is 5.31. The number of rotatable bonds is 12.